The summed E-state index contributed by atoms with van der Waals surface area (Å²) in [5.41, 5.74) is -0.660. The number of carboxylic acid groups (broad SMARTS) is 1. The molecular weight excluding hydrogens is 246 g/mol. The second-order valence-corrected chi connectivity index (χ2v) is 8.07. The normalized spacial score (nSPS) is 28.6. The molecule has 3 nitrogen and oxygen atoms in total. The van der Waals surface area contributed by atoms with Crippen molar-refractivity contribution in [2.45, 2.75) is 63.7 Å². The number of likely N-dealkylation sites (N-methyl/N-ethyl adjacent to an activating group) is 1. The van der Waals surface area contributed by atoms with E-state index in [1.807, 2.05) is 18.7 Å². The molecule has 1 rings (SSSR count). The summed E-state index contributed by atoms with van der Waals surface area (Å²) in [5, 5.41) is 12.8. The van der Waals surface area contributed by atoms with Gasteiger partial charge in [0.1, 0.15) is 5.54 Å². The quantitative estimate of drug-likeness (QED) is 0.780. The molecule has 18 heavy (non-hydrogen) atoms. The molecule has 106 valence electrons. The molecular formula is C14H27NO2S. The Kier molecular flexibility index (Phi) is 5.53. The average molecular weight is 273 g/mol. The van der Waals surface area contributed by atoms with Crippen molar-refractivity contribution in [2.24, 2.45) is 5.92 Å². The van der Waals surface area contributed by atoms with Gasteiger partial charge in [-0.05, 0) is 37.5 Å². The lowest BCUT2D eigenvalue weighted by molar-refractivity contribution is -0.146. The Balaban J connectivity index is 2.60. The Morgan fingerprint density at radius 3 is 2.67 bits per heavy atom. The minimum Gasteiger partial charge on any atom is -0.480 e. The predicted octanol–water partition coefficient (Wildman–Crippen LogP) is 3.14. The van der Waals surface area contributed by atoms with Gasteiger partial charge in [0.15, 0.2) is 0 Å². The predicted molar refractivity (Wildman–Crippen MR) is 78.2 cm³/mol. The first-order valence-electron chi connectivity index (χ1n) is 6.94. The van der Waals surface area contributed by atoms with Gasteiger partial charge in [0.05, 0.1) is 0 Å². The van der Waals surface area contributed by atoms with Gasteiger partial charge >= 0.3 is 5.97 Å². The van der Waals surface area contributed by atoms with Crippen LogP contribution >= 0.6 is 11.8 Å². The standard InChI is InChI=1S/C14H27NO2S/c1-5-15-14(12(16)17)9-6-7-11(14)8-10-18-13(2,3)4/h11,15H,5-10H2,1-4H3,(H,16,17). The molecule has 2 N–H and O–H groups in total. The van der Waals surface area contributed by atoms with Crippen molar-refractivity contribution >= 4 is 17.7 Å². The SMILES string of the molecule is CCNC1(C(=O)O)CCCC1CCSC(C)(C)C. The number of aliphatic carboxylic acids is 1. The third-order valence-electron chi connectivity index (χ3n) is 3.70. The van der Waals surface area contributed by atoms with Gasteiger partial charge < -0.3 is 10.4 Å². The molecule has 0 aromatic heterocycles. The van der Waals surface area contributed by atoms with E-state index in [4.69, 9.17) is 0 Å². The van der Waals surface area contributed by atoms with E-state index in [1.165, 1.54) is 0 Å². The third-order valence-corrected chi connectivity index (χ3v) is 5.00. The number of carboxylic acids is 1. The van der Waals surface area contributed by atoms with E-state index in [0.717, 1.165) is 38.0 Å². The Bertz CT molecular complexity index is 288. The molecule has 0 aromatic carbocycles. The maximum atomic E-state index is 11.6. The zero-order valence-corrected chi connectivity index (χ0v) is 12.9. The Morgan fingerprint density at radius 2 is 2.17 bits per heavy atom. The second-order valence-electron chi connectivity index (χ2n) is 6.15. The zero-order chi connectivity index (χ0) is 13.8. The van der Waals surface area contributed by atoms with Crippen LogP contribution in [0.1, 0.15) is 53.4 Å². The van der Waals surface area contributed by atoms with Gasteiger partial charge in [-0.3, -0.25) is 4.79 Å². The first-order valence-corrected chi connectivity index (χ1v) is 7.93. The molecule has 0 spiro atoms. The first kappa shape index (κ1) is 15.8. The van der Waals surface area contributed by atoms with Crippen LogP contribution in [-0.4, -0.2) is 33.7 Å². The van der Waals surface area contributed by atoms with Crippen LogP contribution in [0.4, 0.5) is 0 Å². The van der Waals surface area contributed by atoms with Crippen molar-refractivity contribution in [3.8, 4) is 0 Å². The van der Waals surface area contributed by atoms with Crippen molar-refractivity contribution in [3.63, 3.8) is 0 Å². The number of hydrogen-bond acceptors (Lipinski definition) is 3. The maximum Gasteiger partial charge on any atom is 0.324 e. The van der Waals surface area contributed by atoms with Crippen molar-refractivity contribution < 1.29 is 9.90 Å². The molecule has 0 aromatic rings. The van der Waals surface area contributed by atoms with Crippen LogP contribution in [0.5, 0.6) is 0 Å². The number of carbonyl (C=O) groups is 1. The Morgan fingerprint density at radius 1 is 1.50 bits per heavy atom. The fraction of sp³-hybridized carbons (Fsp3) is 0.929. The van der Waals surface area contributed by atoms with Gasteiger partial charge in [0, 0.05) is 4.75 Å². The van der Waals surface area contributed by atoms with Crippen molar-refractivity contribution in [1.82, 2.24) is 5.32 Å². The summed E-state index contributed by atoms with van der Waals surface area (Å²) in [6.07, 6.45) is 3.86. The topological polar surface area (TPSA) is 49.3 Å². The lowest BCUT2D eigenvalue weighted by atomic mass is 9.85. The molecule has 2 unspecified atom stereocenters. The summed E-state index contributed by atoms with van der Waals surface area (Å²) in [6.45, 7) is 9.35. The number of nitrogens with one attached hydrogen (secondary N) is 1. The molecule has 4 heteroatoms. The second kappa shape index (κ2) is 6.29. The maximum absolute atomic E-state index is 11.6. The van der Waals surface area contributed by atoms with Crippen LogP contribution in [0.15, 0.2) is 0 Å². The van der Waals surface area contributed by atoms with Crippen LogP contribution in [0.3, 0.4) is 0 Å². The van der Waals surface area contributed by atoms with Crippen molar-refractivity contribution in [2.75, 3.05) is 12.3 Å². The highest BCUT2D eigenvalue weighted by Gasteiger charge is 2.48. The lowest BCUT2D eigenvalue weighted by Crippen LogP contribution is -2.54. The van der Waals surface area contributed by atoms with Crippen LogP contribution in [-0.2, 0) is 4.79 Å². The molecule has 1 saturated carbocycles. The number of hydrogen-bond donors (Lipinski definition) is 2. The summed E-state index contributed by atoms with van der Waals surface area (Å²) in [7, 11) is 0. The number of rotatable bonds is 6. The smallest absolute Gasteiger partial charge is 0.324 e. The molecule has 1 aliphatic rings. The van der Waals surface area contributed by atoms with Gasteiger partial charge in [0.25, 0.3) is 0 Å². The first-order chi connectivity index (χ1) is 8.32. The largest absolute Gasteiger partial charge is 0.480 e. The van der Waals surface area contributed by atoms with Crippen LogP contribution < -0.4 is 5.32 Å². The van der Waals surface area contributed by atoms with E-state index in [9.17, 15) is 9.90 Å². The van der Waals surface area contributed by atoms with Crippen LogP contribution in [0.2, 0.25) is 0 Å². The highest BCUT2D eigenvalue weighted by Crippen LogP contribution is 2.39. The van der Waals surface area contributed by atoms with E-state index in [-0.39, 0.29) is 10.7 Å². The molecule has 1 aliphatic carbocycles. The fourth-order valence-corrected chi connectivity index (χ4v) is 3.90. The minimum atomic E-state index is -0.660. The van der Waals surface area contributed by atoms with Crippen LogP contribution in [0.25, 0.3) is 0 Å². The molecule has 0 saturated heterocycles. The Labute approximate surface area is 115 Å². The summed E-state index contributed by atoms with van der Waals surface area (Å²) in [5.74, 6) is 0.673. The van der Waals surface area contributed by atoms with Gasteiger partial charge in [0.2, 0.25) is 0 Å². The van der Waals surface area contributed by atoms with Crippen molar-refractivity contribution in [3.05, 3.63) is 0 Å². The van der Waals surface area contributed by atoms with E-state index >= 15 is 0 Å². The van der Waals surface area contributed by atoms with E-state index < -0.39 is 11.5 Å². The average Bonchev–Trinajstić information content (AvgIpc) is 2.61. The highest BCUT2D eigenvalue weighted by molar-refractivity contribution is 8.00. The molecule has 0 radical (unpaired) electrons. The van der Waals surface area contributed by atoms with E-state index in [0.29, 0.717) is 0 Å². The molecule has 0 aliphatic heterocycles. The van der Waals surface area contributed by atoms with Gasteiger partial charge in [-0.2, -0.15) is 11.8 Å². The summed E-state index contributed by atoms with van der Waals surface area (Å²) < 4.78 is 0.267. The van der Waals surface area contributed by atoms with Gasteiger partial charge in [-0.1, -0.05) is 34.1 Å². The van der Waals surface area contributed by atoms with Gasteiger partial charge in [-0.15, -0.1) is 0 Å². The fourth-order valence-electron chi connectivity index (χ4n) is 2.88. The molecule has 2 atom stereocenters. The molecule has 0 bridgehead atoms. The number of thioether (sulfide) groups is 1. The zero-order valence-electron chi connectivity index (χ0n) is 12.1. The lowest BCUT2D eigenvalue weighted by Gasteiger charge is -2.32. The van der Waals surface area contributed by atoms with E-state index in [1.54, 1.807) is 0 Å². The molecule has 0 heterocycles. The van der Waals surface area contributed by atoms with E-state index in [2.05, 4.69) is 26.1 Å². The van der Waals surface area contributed by atoms with Crippen LogP contribution in [0, 0.1) is 5.92 Å². The summed E-state index contributed by atoms with van der Waals surface area (Å²) in [6, 6.07) is 0. The molecule has 0 amide bonds. The third kappa shape index (κ3) is 3.89. The summed E-state index contributed by atoms with van der Waals surface area (Å²) in [4.78, 5) is 11.6. The molecule has 1 fully saturated rings. The minimum absolute atomic E-state index is 0.267. The Hall–Kier alpha value is -0.220. The van der Waals surface area contributed by atoms with Gasteiger partial charge in [-0.25, -0.2) is 0 Å². The summed E-state index contributed by atoms with van der Waals surface area (Å²) >= 11 is 1.93. The highest BCUT2D eigenvalue weighted by atomic mass is 32.2. The van der Waals surface area contributed by atoms with Crippen molar-refractivity contribution in [1.29, 1.82) is 0 Å². The monoisotopic (exact) mass is 273 g/mol.